The maximum atomic E-state index is 12.2. The fraction of sp³-hybridized carbons (Fsp3) is 0.222. The highest BCUT2D eigenvalue weighted by Crippen LogP contribution is 2.33. The second-order valence-electron chi connectivity index (χ2n) is 5.75. The fourth-order valence-electron chi connectivity index (χ4n) is 2.32. The first-order valence-electron chi connectivity index (χ1n) is 7.32. The number of anilines is 1. The van der Waals surface area contributed by atoms with Crippen molar-refractivity contribution in [3.8, 4) is 11.1 Å². The van der Waals surface area contributed by atoms with Gasteiger partial charge in [-0.15, -0.1) is 0 Å². The van der Waals surface area contributed by atoms with E-state index < -0.39 is 5.97 Å². The van der Waals surface area contributed by atoms with Gasteiger partial charge in [0.2, 0.25) is 5.91 Å². The minimum atomic E-state index is -1.08. The molecule has 0 unspecified atom stereocenters. The van der Waals surface area contributed by atoms with Crippen molar-refractivity contribution in [2.45, 2.75) is 13.8 Å². The van der Waals surface area contributed by atoms with Crippen molar-refractivity contribution >= 4 is 40.8 Å². The van der Waals surface area contributed by atoms with Crippen molar-refractivity contribution < 1.29 is 14.7 Å². The van der Waals surface area contributed by atoms with Gasteiger partial charge in [-0.3, -0.25) is 4.79 Å². The third kappa shape index (κ3) is 3.89. The molecule has 0 fully saturated rings. The number of carbonyl (C=O) groups excluding carboxylic acids is 1. The van der Waals surface area contributed by atoms with Crippen LogP contribution in [0.1, 0.15) is 24.2 Å². The van der Waals surface area contributed by atoms with E-state index in [0.717, 1.165) is 0 Å². The van der Waals surface area contributed by atoms with Gasteiger partial charge in [0.05, 0.1) is 5.56 Å². The Balaban J connectivity index is 2.60. The van der Waals surface area contributed by atoms with Gasteiger partial charge in [0.1, 0.15) is 0 Å². The zero-order valence-electron chi connectivity index (χ0n) is 13.5. The van der Waals surface area contributed by atoms with Gasteiger partial charge in [-0.05, 0) is 35.9 Å². The van der Waals surface area contributed by atoms with Gasteiger partial charge in [-0.25, -0.2) is 4.79 Å². The predicted molar refractivity (Wildman–Crippen MR) is 97.1 cm³/mol. The van der Waals surface area contributed by atoms with E-state index in [1.54, 1.807) is 45.2 Å². The van der Waals surface area contributed by atoms with Crippen LogP contribution in [0.25, 0.3) is 11.1 Å². The lowest BCUT2D eigenvalue weighted by Gasteiger charge is -2.21. The lowest BCUT2D eigenvalue weighted by molar-refractivity contribution is -0.121. The average Bonchev–Trinajstić information content (AvgIpc) is 2.52. The second kappa shape index (κ2) is 7.24. The number of carbonyl (C=O) groups is 2. The van der Waals surface area contributed by atoms with E-state index in [-0.39, 0.29) is 17.4 Å². The summed E-state index contributed by atoms with van der Waals surface area (Å²) in [6.45, 7) is 3.58. The molecule has 1 N–H and O–H groups in total. The summed E-state index contributed by atoms with van der Waals surface area (Å²) in [5, 5.41) is 10.3. The first kappa shape index (κ1) is 18.3. The second-order valence-corrected chi connectivity index (χ2v) is 6.59. The molecule has 0 saturated heterocycles. The molecule has 0 aliphatic rings. The molecule has 2 rings (SSSR count). The molecule has 1 amide bonds. The maximum Gasteiger partial charge on any atom is 0.335 e. The monoisotopic (exact) mass is 365 g/mol. The van der Waals surface area contributed by atoms with Crippen LogP contribution in [0.15, 0.2) is 36.4 Å². The number of hydrogen-bond donors (Lipinski definition) is 1. The summed E-state index contributed by atoms with van der Waals surface area (Å²) in [7, 11) is 1.62. The topological polar surface area (TPSA) is 57.6 Å². The molecule has 24 heavy (non-hydrogen) atoms. The Kier molecular flexibility index (Phi) is 5.52. The standard InChI is InChI=1S/C18H17Cl2NO3/c1-10(2)17(22)21(3)14-7-11(6-12(8-14)18(23)24)15-5-4-13(19)9-16(15)20/h4-10H,1-3H3,(H,23,24). The first-order valence-corrected chi connectivity index (χ1v) is 8.07. The lowest BCUT2D eigenvalue weighted by Crippen LogP contribution is -2.30. The number of rotatable bonds is 4. The average molecular weight is 366 g/mol. The summed E-state index contributed by atoms with van der Waals surface area (Å²) in [6, 6.07) is 9.72. The zero-order valence-corrected chi connectivity index (χ0v) is 15.0. The van der Waals surface area contributed by atoms with Crippen LogP contribution in [0.3, 0.4) is 0 Å². The van der Waals surface area contributed by atoms with Crippen LogP contribution in [0.4, 0.5) is 5.69 Å². The highest BCUT2D eigenvalue weighted by Gasteiger charge is 2.18. The number of benzene rings is 2. The smallest absolute Gasteiger partial charge is 0.335 e. The van der Waals surface area contributed by atoms with Crippen molar-refractivity contribution in [3.05, 3.63) is 52.0 Å². The molecule has 2 aromatic rings. The minimum absolute atomic E-state index is 0.0805. The van der Waals surface area contributed by atoms with Gasteiger partial charge in [-0.2, -0.15) is 0 Å². The van der Waals surface area contributed by atoms with E-state index in [1.165, 1.54) is 17.0 Å². The molecule has 0 aliphatic heterocycles. The predicted octanol–water partition coefficient (Wildman–Crippen LogP) is 4.98. The quantitative estimate of drug-likeness (QED) is 0.831. The van der Waals surface area contributed by atoms with Crippen LogP contribution in [-0.4, -0.2) is 24.0 Å². The highest BCUT2D eigenvalue weighted by atomic mass is 35.5. The Bertz CT molecular complexity index is 803. The summed E-state index contributed by atoms with van der Waals surface area (Å²) in [5.74, 6) is -1.38. The van der Waals surface area contributed by atoms with Crippen LogP contribution in [0.2, 0.25) is 10.0 Å². The number of amides is 1. The summed E-state index contributed by atoms with van der Waals surface area (Å²) >= 11 is 12.1. The van der Waals surface area contributed by atoms with Gasteiger partial charge < -0.3 is 10.0 Å². The lowest BCUT2D eigenvalue weighted by atomic mass is 10.0. The summed E-state index contributed by atoms with van der Waals surface area (Å²) in [6.07, 6.45) is 0. The van der Waals surface area contributed by atoms with Crippen molar-refractivity contribution in [2.24, 2.45) is 5.92 Å². The van der Waals surface area contributed by atoms with Crippen LogP contribution in [0, 0.1) is 5.92 Å². The van der Waals surface area contributed by atoms with Gasteiger partial charge >= 0.3 is 5.97 Å². The number of aromatic carboxylic acids is 1. The Morgan fingerprint density at radius 1 is 1.08 bits per heavy atom. The molecule has 0 saturated carbocycles. The third-order valence-electron chi connectivity index (χ3n) is 3.62. The van der Waals surface area contributed by atoms with E-state index in [1.807, 2.05) is 0 Å². The highest BCUT2D eigenvalue weighted by molar-refractivity contribution is 6.36. The molecule has 0 radical (unpaired) electrons. The van der Waals surface area contributed by atoms with Crippen LogP contribution in [-0.2, 0) is 4.79 Å². The van der Waals surface area contributed by atoms with E-state index in [9.17, 15) is 14.7 Å². The molecule has 0 aromatic heterocycles. The van der Waals surface area contributed by atoms with E-state index in [2.05, 4.69) is 0 Å². The van der Waals surface area contributed by atoms with E-state index >= 15 is 0 Å². The number of halogens is 2. The van der Waals surface area contributed by atoms with Crippen molar-refractivity contribution in [3.63, 3.8) is 0 Å². The number of carboxylic acids is 1. The Morgan fingerprint density at radius 2 is 1.75 bits per heavy atom. The number of nitrogens with zero attached hydrogens (tertiary/aromatic N) is 1. The third-order valence-corrected chi connectivity index (χ3v) is 4.17. The molecule has 4 nitrogen and oxygen atoms in total. The Morgan fingerprint density at radius 3 is 2.29 bits per heavy atom. The minimum Gasteiger partial charge on any atom is -0.478 e. The van der Waals surface area contributed by atoms with E-state index in [4.69, 9.17) is 23.2 Å². The van der Waals surface area contributed by atoms with Crippen LogP contribution >= 0.6 is 23.2 Å². The molecule has 0 bridgehead atoms. The van der Waals surface area contributed by atoms with Crippen molar-refractivity contribution in [2.75, 3.05) is 11.9 Å². The fourth-order valence-corrected chi connectivity index (χ4v) is 2.84. The van der Waals surface area contributed by atoms with E-state index in [0.29, 0.717) is 26.9 Å². The molecule has 0 aliphatic carbocycles. The number of carboxylic acid groups (broad SMARTS) is 1. The molecule has 0 heterocycles. The molecule has 2 aromatic carbocycles. The Hall–Kier alpha value is -2.04. The molecular formula is C18H17Cl2NO3. The summed E-state index contributed by atoms with van der Waals surface area (Å²) in [4.78, 5) is 25.1. The largest absolute Gasteiger partial charge is 0.478 e. The van der Waals surface area contributed by atoms with Crippen molar-refractivity contribution in [1.29, 1.82) is 0 Å². The molecule has 6 heteroatoms. The van der Waals surface area contributed by atoms with Crippen molar-refractivity contribution in [1.82, 2.24) is 0 Å². The van der Waals surface area contributed by atoms with Gasteiger partial charge in [0.15, 0.2) is 0 Å². The summed E-state index contributed by atoms with van der Waals surface area (Å²) in [5.41, 5.74) is 1.83. The SMILES string of the molecule is CC(C)C(=O)N(C)c1cc(C(=O)O)cc(-c2ccc(Cl)cc2Cl)c1. The summed E-state index contributed by atoms with van der Waals surface area (Å²) < 4.78 is 0. The van der Waals surface area contributed by atoms with Gasteiger partial charge in [0.25, 0.3) is 0 Å². The normalized spacial score (nSPS) is 10.8. The van der Waals surface area contributed by atoms with Crippen LogP contribution in [0.5, 0.6) is 0 Å². The Labute approximate surface area is 150 Å². The number of hydrogen-bond acceptors (Lipinski definition) is 2. The zero-order chi connectivity index (χ0) is 18.0. The van der Waals surface area contributed by atoms with Crippen LogP contribution < -0.4 is 4.90 Å². The molecule has 0 atom stereocenters. The molecule has 0 spiro atoms. The van der Waals surface area contributed by atoms with Gasteiger partial charge in [0, 0.05) is 34.3 Å². The maximum absolute atomic E-state index is 12.2. The molecule has 126 valence electrons. The first-order chi connectivity index (χ1) is 11.2. The molecular weight excluding hydrogens is 349 g/mol. The van der Waals surface area contributed by atoms with Gasteiger partial charge in [-0.1, -0.05) is 43.1 Å².